The standard InChI is InChI=1S/C11H13N3O4S/c1-3-10(15)13-11(19)12-7-4-5-9(18-2)8(6-7)14(16)17/h4-6H,3H2,1-2H3,(H2,12,13,15,19). The Morgan fingerprint density at radius 3 is 2.74 bits per heavy atom. The van der Waals surface area contributed by atoms with Gasteiger partial charge >= 0.3 is 5.69 Å². The first-order chi connectivity index (χ1) is 8.97. The lowest BCUT2D eigenvalue weighted by Gasteiger charge is -2.09. The molecule has 0 fully saturated rings. The van der Waals surface area contributed by atoms with Gasteiger partial charge in [-0.15, -0.1) is 0 Å². The molecule has 2 N–H and O–H groups in total. The topological polar surface area (TPSA) is 93.5 Å². The van der Waals surface area contributed by atoms with Crippen LogP contribution in [0.1, 0.15) is 13.3 Å². The molecule has 0 aliphatic rings. The van der Waals surface area contributed by atoms with Gasteiger partial charge in [-0.05, 0) is 24.4 Å². The number of thiocarbonyl (C=S) groups is 1. The lowest BCUT2D eigenvalue weighted by atomic mass is 10.2. The SMILES string of the molecule is CCC(=O)NC(=S)Nc1ccc(OC)c([N+](=O)[O-])c1. The smallest absolute Gasteiger partial charge is 0.312 e. The number of nitrogens with zero attached hydrogens (tertiary/aromatic N) is 1. The summed E-state index contributed by atoms with van der Waals surface area (Å²) in [5, 5.41) is 16.1. The fourth-order valence-electron chi connectivity index (χ4n) is 1.29. The molecule has 0 saturated carbocycles. The van der Waals surface area contributed by atoms with Crippen LogP contribution in [0.25, 0.3) is 0 Å². The summed E-state index contributed by atoms with van der Waals surface area (Å²) >= 11 is 4.90. The molecular weight excluding hydrogens is 270 g/mol. The Morgan fingerprint density at radius 2 is 2.21 bits per heavy atom. The number of benzene rings is 1. The van der Waals surface area contributed by atoms with Crippen LogP contribution in [0, 0.1) is 10.1 Å². The zero-order valence-electron chi connectivity index (χ0n) is 10.4. The molecule has 7 nitrogen and oxygen atoms in total. The Morgan fingerprint density at radius 1 is 1.53 bits per heavy atom. The van der Waals surface area contributed by atoms with Crippen LogP contribution < -0.4 is 15.4 Å². The number of nitrogens with one attached hydrogen (secondary N) is 2. The van der Waals surface area contributed by atoms with Gasteiger partial charge in [0, 0.05) is 18.2 Å². The first kappa shape index (κ1) is 14.8. The van der Waals surface area contributed by atoms with Crippen molar-refractivity contribution >= 4 is 34.6 Å². The number of amides is 1. The number of nitro groups is 1. The van der Waals surface area contributed by atoms with Crippen LogP contribution in [0.2, 0.25) is 0 Å². The highest BCUT2D eigenvalue weighted by Gasteiger charge is 2.15. The maximum Gasteiger partial charge on any atom is 0.312 e. The van der Waals surface area contributed by atoms with Gasteiger partial charge in [0.25, 0.3) is 0 Å². The fraction of sp³-hybridized carbons (Fsp3) is 0.273. The predicted molar refractivity (Wildman–Crippen MR) is 74.3 cm³/mol. The molecule has 0 aliphatic carbocycles. The molecular formula is C11H13N3O4S. The molecule has 0 atom stereocenters. The number of hydrogen-bond donors (Lipinski definition) is 2. The minimum absolute atomic E-state index is 0.0892. The molecule has 0 unspecified atom stereocenters. The summed E-state index contributed by atoms with van der Waals surface area (Å²) < 4.78 is 4.88. The highest BCUT2D eigenvalue weighted by atomic mass is 32.1. The van der Waals surface area contributed by atoms with Gasteiger partial charge < -0.3 is 15.4 Å². The van der Waals surface area contributed by atoms with E-state index < -0.39 is 4.92 Å². The Kier molecular flexibility index (Phi) is 5.19. The van der Waals surface area contributed by atoms with Crippen molar-refractivity contribution in [3.05, 3.63) is 28.3 Å². The second kappa shape index (κ2) is 6.64. The van der Waals surface area contributed by atoms with Crippen molar-refractivity contribution in [2.75, 3.05) is 12.4 Å². The number of ether oxygens (including phenoxy) is 1. The molecule has 0 saturated heterocycles. The molecule has 0 spiro atoms. The Balaban J connectivity index is 2.85. The van der Waals surface area contributed by atoms with E-state index in [1.165, 1.54) is 19.2 Å². The van der Waals surface area contributed by atoms with E-state index >= 15 is 0 Å². The van der Waals surface area contributed by atoms with Crippen molar-refractivity contribution < 1.29 is 14.5 Å². The van der Waals surface area contributed by atoms with Gasteiger partial charge in [-0.1, -0.05) is 6.92 Å². The predicted octanol–water partition coefficient (Wildman–Crippen LogP) is 1.83. The van der Waals surface area contributed by atoms with E-state index in [-0.39, 0.29) is 22.5 Å². The number of carbonyl (C=O) groups excluding carboxylic acids is 1. The van der Waals surface area contributed by atoms with E-state index in [9.17, 15) is 14.9 Å². The second-order valence-electron chi connectivity index (χ2n) is 3.50. The van der Waals surface area contributed by atoms with E-state index in [0.717, 1.165) is 0 Å². The van der Waals surface area contributed by atoms with Crippen LogP contribution in [0.5, 0.6) is 5.75 Å². The van der Waals surface area contributed by atoms with Crippen LogP contribution in [-0.4, -0.2) is 23.1 Å². The van der Waals surface area contributed by atoms with Crippen molar-refractivity contribution in [3.63, 3.8) is 0 Å². The van der Waals surface area contributed by atoms with Gasteiger partial charge in [0.05, 0.1) is 12.0 Å². The number of hydrogen-bond acceptors (Lipinski definition) is 5. The zero-order valence-corrected chi connectivity index (χ0v) is 11.2. The summed E-state index contributed by atoms with van der Waals surface area (Å²) in [6.07, 6.45) is 0.296. The van der Waals surface area contributed by atoms with Gasteiger partial charge in [0.1, 0.15) is 0 Å². The van der Waals surface area contributed by atoms with Crippen LogP contribution in [0.15, 0.2) is 18.2 Å². The minimum atomic E-state index is -0.558. The van der Waals surface area contributed by atoms with Crippen LogP contribution >= 0.6 is 12.2 Å². The third-order valence-corrected chi connectivity index (χ3v) is 2.41. The normalized spacial score (nSPS) is 9.58. The van der Waals surface area contributed by atoms with Crippen molar-refractivity contribution in [2.45, 2.75) is 13.3 Å². The monoisotopic (exact) mass is 283 g/mol. The fourth-order valence-corrected chi connectivity index (χ4v) is 1.52. The molecule has 0 aliphatic heterocycles. The van der Waals surface area contributed by atoms with E-state index in [0.29, 0.717) is 12.1 Å². The summed E-state index contributed by atoms with van der Waals surface area (Å²) in [6.45, 7) is 1.69. The zero-order chi connectivity index (χ0) is 14.4. The summed E-state index contributed by atoms with van der Waals surface area (Å²) in [5.41, 5.74) is 0.214. The van der Waals surface area contributed by atoms with Gasteiger partial charge in [-0.3, -0.25) is 14.9 Å². The number of nitro benzene ring substituents is 1. The Labute approximate surface area is 115 Å². The Hall–Kier alpha value is -2.22. The summed E-state index contributed by atoms with van der Waals surface area (Å²) in [7, 11) is 1.35. The third kappa shape index (κ3) is 4.18. The molecule has 102 valence electrons. The summed E-state index contributed by atoms with van der Waals surface area (Å²) in [4.78, 5) is 21.4. The number of methoxy groups -OCH3 is 1. The molecule has 1 amide bonds. The first-order valence-corrected chi connectivity index (χ1v) is 5.82. The lowest BCUT2D eigenvalue weighted by Crippen LogP contribution is -2.33. The van der Waals surface area contributed by atoms with Crippen molar-refractivity contribution in [1.82, 2.24) is 5.32 Å². The second-order valence-corrected chi connectivity index (χ2v) is 3.91. The maximum absolute atomic E-state index is 11.1. The molecule has 0 aromatic heterocycles. The van der Waals surface area contributed by atoms with E-state index in [2.05, 4.69) is 10.6 Å². The highest BCUT2D eigenvalue weighted by molar-refractivity contribution is 7.80. The van der Waals surface area contributed by atoms with Gasteiger partial charge in [-0.2, -0.15) is 0 Å². The van der Waals surface area contributed by atoms with Gasteiger partial charge in [0.2, 0.25) is 5.91 Å². The van der Waals surface area contributed by atoms with Gasteiger partial charge in [0.15, 0.2) is 10.9 Å². The molecule has 1 aromatic rings. The van der Waals surface area contributed by atoms with Gasteiger partial charge in [-0.25, -0.2) is 0 Å². The summed E-state index contributed by atoms with van der Waals surface area (Å²) in [5.74, 6) is -0.0837. The molecule has 19 heavy (non-hydrogen) atoms. The Bertz CT molecular complexity index is 519. The molecule has 8 heteroatoms. The highest BCUT2D eigenvalue weighted by Crippen LogP contribution is 2.29. The van der Waals surface area contributed by atoms with E-state index in [1.54, 1.807) is 13.0 Å². The van der Waals surface area contributed by atoms with Crippen molar-refractivity contribution in [2.24, 2.45) is 0 Å². The molecule has 1 rings (SSSR count). The molecule has 0 radical (unpaired) electrons. The largest absolute Gasteiger partial charge is 0.490 e. The number of rotatable bonds is 4. The van der Waals surface area contributed by atoms with Crippen molar-refractivity contribution in [1.29, 1.82) is 0 Å². The quantitative estimate of drug-likeness (QED) is 0.497. The minimum Gasteiger partial charge on any atom is -0.490 e. The number of carbonyl (C=O) groups is 1. The first-order valence-electron chi connectivity index (χ1n) is 5.41. The van der Waals surface area contributed by atoms with E-state index in [4.69, 9.17) is 17.0 Å². The van der Waals surface area contributed by atoms with E-state index in [1.807, 2.05) is 0 Å². The van der Waals surface area contributed by atoms with Crippen molar-refractivity contribution in [3.8, 4) is 5.75 Å². The molecule has 0 bridgehead atoms. The average molecular weight is 283 g/mol. The average Bonchev–Trinajstić information content (AvgIpc) is 2.38. The molecule has 0 heterocycles. The lowest BCUT2D eigenvalue weighted by molar-refractivity contribution is -0.385. The number of anilines is 1. The van der Waals surface area contributed by atoms with Crippen LogP contribution in [0.3, 0.4) is 0 Å². The summed E-state index contributed by atoms with van der Waals surface area (Å²) in [6, 6.07) is 4.30. The molecule has 1 aromatic carbocycles. The third-order valence-electron chi connectivity index (χ3n) is 2.21. The van der Waals surface area contributed by atoms with Crippen LogP contribution in [0.4, 0.5) is 11.4 Å². The van der Waals surface area contributed by atoms with Crippen LogP contribution in [-0.2, 0) is 4.79 Å². The maximum atomic E-state index is 11.1.